The van der Waals surface area contributed by atoms with Crippen LogP contribution in [-0.4, -0.2) is 61.1 Å². The van der Waals surface area contributed by atoms with Crippen LogP contribution in [0.25, 0.3) is 0 Å². The van der Waals surface area contributed by atoms with Gasteiger partial charge < -0.3 is 15.0 Å². The second kappa shape index (κ2) is 9.42. The molecule has 0 radical (unpaired) electrons. The minimum absolute atomic E-state index is 0.0270. The fraction of sp³-hybridized carbons (Fsp3) is 0.579. The van der Waals surface area contributed by atoms with Crippen molar-refractivity contribution in [1.29, 1.82) is 0 Å². The minimum atomic E-state index is -0.270. The van der Waals surface area contributed by atoms with Gasteiger partial charge in [0.15, 0.2) is 0 Å². The van der Waals surface area contributed by atoms with Crippen molar-refractivity contribution in [2.24, 2.45) is 0 Å². The molecule has 1 fully saturated rings. The Morgan fingerprint density at radius 3 is 2.32 bits per heavy atom. The van der Waals surface area contributed by atoms with Crippen molar-refractivity contribution < 1.29 is 14.3 Å². The number of ether oxygens (including phenoxy) is 1. The van der Waals surface area contributed by atoms with Crippen LogP contribution in [0.5, 0.6) is 0 Å². The van der Waals surface area contributed by atoms with E-state index in [2.05, 4.69) is 36.2 Å². The van der Waals surface area contributed by atoms with Crippen LogP contribution in [0, 0.1) is 0 Å². The van der Waals surface area contributed by atoms with Crippen molar-refractivity contribution in [3.05, 3.63) is 29.8 Å². The van der Waals surface area contributed by atoms with Crippen LogP contribution < -0.4 is 5.32 Å². The average molecular weight is 347 g/mol. The molecular weight excluding hydrogens is 318 g/mol. The predicted molar refractivity (Wildman–Crippen MR) is 98.8 cm³/mol. The van der Waals surface area contributed by atoms with E-state index < -0.39 is 0 Å². The van der Waals surface area contributed by atoms with Gasteiger partial charge in [-0.25, -0.2) is 4.79 Å². The van der Waals surface area contributed by atoms with Crippen LogP contribution in [-0.2, 0) is 9.53 Å². The smallest absolute Gasteiger partial charge is 0.409 e. The maximum absolute atomic E-state index is 12.2. The summed E-state index contributed by atoms with van der Waals surface area (Å²) in [5.41, 5.74) is 2.11. The molecule has 1 heterocycles. The summed E-state index contributed by atoms with van der Waals surface area (Å²) in [6.07, 6.45) is 0.830. The summed E-state index contributed by atoms with van der Waals surface area (Å²) in [7, 11) is 0. The number of benzene rings is 1. The van der Waals surface area contributed by atoms with Crippen molar-refractivity contribution in [1.82, 2.24) is 9.80 Å². The highest BCUT2D eigenvalue weighted by Crippen LogP contribution is 2.20. The molecule has 0 aromatic heterocycles. The fourth-order valence-electron chi connectivity index (χ4n) is 2.84. The highest BCUT2D eigenvalue weighted by molar-refractivity contribution is 5.92. The first-order chi connectivity index (χ1) is 12.0. The molecule has 1 aliphatic heterocycles. The van der Waals surface area contributed by atoms with Gasteiger partial charge in [0.05, 0.1) is 13.2 Å². The maximum Gasteiger partial charge on any atom is 0.409 e. The summed E-state index contributed by atoms with van der Waals surface area (Å²) in [5.74, 6) is 0.501. The number of hydrogen-bond acceptors (Lipinski definition) is 4. The Morgan fingerprint density at radius 2 is 1.76 bits per heavy atom. The molecule has 1 aromatic rings. The molecule has 25 heavy (non-hydrogen) atoms. The number of hydrogen-bond donors (Lipinski definition) is 1. The van der Waals surface area contributed by atoms with Crippen molar-refractivity contribution in [2.45, 2.75) is 33.1 Å². The predicted octanol–water partition coefficient (Wildman–Crippen LogP) is 2.91. The van der Waals surface area contributed by atoms with Crippen molar-refractivity contribution in [3.8, 4) is 0 Å². The number of carbonyl (C=O) groups is 2. The number of amides is 2. The zero-order valence-corrected chi connectivity index (χ0v) is 15.5. The average Bonchev–Trinajstić information content (AvgIpc) is 2.62. The lowest BCUT2D eigenvalue weighted by atomic mass is 9.99. The van der Waals surface area contributed by atoms with Gasteiger partial charge in [-0.2, -0.15) is 0 Å². The van der Waals surface area contributed by atoms with E-state index in [0.29, 0.717) is 45.2 Å². The summed E-state index contributed by atoms with van der Waals surface area (Å²) in [4.78, 5) is 27.6. The van der Waals surface area contributed by atoms with E-state index in [1.54, 1.807) is 11.8 Å². The molecule has 0 unspecified atom stereocenters. The minimum Gasteiger partial charge on any atom is -0.450 e. The lowest BCUT2D eigenvalue weighted by Gasteiger charge is -2.33. The standard InChI is InChI=1S/C19H29N3O3/c1-4-15(3)16-6-8-17(9-7-16)20-18(23)14-21-10-12-22(13-11-21)19(24)25-5-2/h6-9,15H,4-5,10-14H2,1-3H3,(H,20,23)/t15-/m0/s1. The Kier molecular flexibility index (Phi) is 7.25. The van der Waals surface area contributed by atoms with Gasteiger partial charge in [0.2, 0.25) is 5.91 Å². The van der Waals surface area contributed by atoms with Crippen LogP contribution in [0.4, 0.5) is 10.5 Å². The van der Waals surface area contributed by atoms with Gasteiger partial charge in [0.1, 0.15) is 0 Å². The Morgan fingerprint density at radius 1 is 1.12 bits per heavy atom. The van der Waals surface area contributed by atoms with Crippen molar-refractivity contribution in [3.63, 3.8) is 0 Å². The monoisotopic (exact) mass is 347 g/mol. The Hall–Kier alpha value is -2.08. The van der Waals surface area contributed by atoms with Crippen molar-refractivity contribution in [2.75, 3.05) is 44.6 Å². The van der Waals surface area contributed by atoms with Gasteiger partial charge in [-0.05, 0) is 37.0 Å². The van der Waals surface area contributed by atoms with Gasteiger partial charge >= 0.3 is 6.09 Å². The van der Waals surface area contributed by atoms with E-state index in [1.807, 2.05) is 12.1 Å². The molecule has 6 nitrogen and oxygen atoms in total. The number of anilines is 1. The number of nitrogens with one attached hydrogen (secondary N) is 1. The first-order valence-corrected chi connectivity index (χ1v) is 9.07. The summed E-state index contributed by atoms with van der Waals surface area (Å²) in [6, 6.07) is 8.06. The molecule has 1 saturated heterocycles. The fourth-order valence-corrected chi connectivity index (χ4v) is 2.84. The largest absolute Gasteiger partial charge is 0.450 e. The van der Waals surface area contributed by atoms with Gasteiger partial charge in [0.25, 0.3) is 0 Å². The third-order valence-electron chi connectivity index (χ3n) is 4.64. The molecule has 1 aliphatic rings. The summed E-state index contributed by atoms with van der Waals surface area (Å²) in [5, 5.41) is 2.94. The normalized spacial score (nSPS) is 16.4. The van der Waals surface area contributed by atoms with Crippen LogP contribution in [0.2, 0.25) is 0 Å². The van der Waals surface area contributed by atoms with Crippen LogP contribution >= 0.6 is 0 Å². The lowest BCUT2D eigenvalue weighted by molar-refractivity contribution is -0.117. The molecular formula is C19H29N3O3. The molecule has 2 amide bonds. The van der Waals surface area contributed by atoms with Crippen molar-refractivity contribution >= 4 is 17.7 Å². The molecule has 2 rings (SSSR count). The summed E-state index contributed by atoms with van der Waals surface area (Å²) < 4.78 is 5.00. The lowest BCUT2D eigenvalue weighted by Crippen LogP contribution is -2.50. The molecule has 138 valence electrons. The Balaban J connectivity index is 1.76. The molecule has 1 N–H and O–H groups in total. The number of rotatable bonds is 6. The van der Waals surface area contributed by atoms with E-state index >= 15 is 0 Å². The zero-order chi connectivity index (χ0) is 18.2. The SMILES string of the molecule is CCOC(=O)N1CCN(CC(=O)Nc2ccc([C@@H](C)CC)cc2)CC1. The third-order valence-corrected chi connectivity index (χ3v) is 4.64. The van der Waals surface area contributed by atoms with E-state index in [4.69, 9.17) is 4.74 Å². The third kappa shape index (κ3) is 5.74. The van der Waals surface area contributed by atoms with Gasteiger partial charge in [0, 0.05) is 31.9 Å². The van der Waals surface area contributed by atoms with Gasteiger partial charge in [-0.3, -0.25) is 9.69 Å². The topological polar surface area (TPSA) is 61.9 Å². The van der Waals surface area contributed by atoms with Gasteiger partial charge in [-0.15, -0.1) is 0 Å². The van der Waals surface area contributed by atoms with Crippen LogP contribution in [0.1, 0.15) is 38.7 Å². The molecule has 0 saturated carbocycles. The summed E-state index contributed by atoms with van der Waals surface area (Å²) in [6.45, 7) is 9.43. The van der Waals surface area contributed by atoms with E-state index in [1.165, 1.54) is 5.56 Å². The van der Waals surface area contributed by atoms with Crippen LogP contribution in [0.15, 0.2) is 24.3 Å². The number of piperazine rings is 1. The Labute approximate surface area is 150 Å². The molecule has 0 bridgehead atoms. The van der Waals surface area contributed by atoms with E-state index in [9.17, 15) is 9.59 Å². The van der Waals surface area contributed by atoms with E-state index in [-0.39, 0.29) is 12.0 Å². The van der Waals surface area contributed by atoms with Crippen LogP contribution in [0.3, 0.4) is 0 Å². The molecule has 1 atom stereocenters. The summed E-state index contributed by atoms with van der Waals surface area (Å²) >= 11 is 0. The van der Waals surface area contributed by atoms with E-state index in [0.717, 1.165) is 12.1 Å². The molecule has 0 aliphatic carbocycles. The highest BCUT2D eigenvalue weighted by atomic mass is 16.6. The Bertz CT molecular complexity index is 566. The zero-order valence-electron chi connectivity index (χ0n) is 15.5. The maximum atomic E-state index is 12.2. The highest BCUT2D eigenvalue weighted by Gasteiger charge is 2.23. The van der Waals surface area contributed by atoms with Gasteiger partial charge in [-0.1, -0.05) is 26.0 Å². The number of carbonyl (C=O) groups excluding carboxylic acids is 2. The quantitative estimate of drug-likeness (QED) is 0.859. The molecule has 0 spiro atoms. The second-order valence-corrected chi connectivity index (χ2v) is 6.44. The molecule has 1 aromatic carbocycles. The first kappa shape index (κ1) is 19.2. The molecule has 6 heteroatoms. The first-order valence-electron chi connectivity index (χ1n) is 9.07. The number of nitrogens with zero attached hydrogens (tertiary/aromatic N) is 2. The second-order valence-electron chi connectivity index (χ2n) is 6.44.